The normalized spacial score (nSPS) is 18.7. The van der Waals surface area contributed by atoms with E-state index in [0.717, 1.165) is 31.8 Å². The smallest absolute Gasteiger partial charge is 0.255 e. The van der Waals surface area contributed by atoms with Gasteiger partial charge in [0.05, 0.1) is 5.56 Å². The van der Waals surface area contributed by atoms with Gasteiger partial charge in [0.1, 0.15) is 5.82 Å². The summed E-state index contributed by atoms with van der Waals surface area (Å²) < 4.78 is 2.21. The molecule has 3 heterocycles. The Morgan fingerprint density at radius 1 is 1.36 bits per heavy atom. The fourth-order valence-electron chi connectivity index (χ4n) is 3.12. The molecule has 2 aromatic heterocycles. The van der Waals surface area contributed by atoms with Crippen LogP contribution in [0, 0.1) is 0 Å². The van der Waals surface area contributed by atoms with Crippen molar-refractivity contribution in [3.8, 4) is 0 Å². The largest absolute Gasteiger partial charge is 0.338 e. The van der Waals surface area contributed by atoms with Crippen LogP contribution in [0.3, 0.4) is 0 Å². The van der Waals surface area contributed by atoms with Crippen LogP contribution >= 0.6 is 0 Å². The minimum Gasteiger partial charge on any atom is -0.338 e. The number of pyridine rings is 1. The summed E-state index contributed by atoms with van der Waals surface area (Å²) in [5.74, 6) is 1.48. The Bertz CT molecular complexity index is 635. The van der Waals surface area contributed by atoms with Crippen LogP contribution in [0.15, 0.2) is 36.9 Å². The molecule has 3 rings (SSSR count). The standard InChI is InChI=1S/C17H22N4O/c1-13(2)21-10-8-19-16(21)15-6-4-9-20(12-15)17(22)14-5-3-7-18-11-14/h3,5,7-8,10-11,13,15H,4,6,9,12H2,1-2H3/t15-/m1/s1. The zero-order chi connectivity index (χ0) is 15.5. The number of piperidine rings is 1. The van der Waals surface area contributed by atoms with Crippen molar-refractivity contribution in [1.29, 1.82) is 0 Å². The molecule has 22 heavy (non-hydrogen) atoms. The molecule has 1 aliphatic rings. The lowest BCUT2D eigenvalue weighted by Crippen LogP contribution is -2.39. The Balaban J connectivity index is 1.77. The van der Waals surface area contributed by atoms with Crippen molar-refractivity contribution in [2.24, 2.45) is 0 Å². The van der Waals surface area contributed by atoms with E-state index in [4.69, 9.17) is 0 Å². The van der Waals surface area contributed by atoms with Crippen LogP contribution in [-0.2, 0) is 0 Å². The van der Waals surface area contributed by atoms with Gasteiger partial charge in [0, 0.05) is 49.8 Å². The van der Waals surface area contributed by atoms with Crippen LogP contribution in [0.2, 0.25) is 0 Å². The van der Waals surface area contributed by atoms with Gasteiger partial charge in [0.2, 0.25) is 0 Å². The molecule has 1 amide bonds. The maximum atomic E-state index is 12.6. The summed E-state index contributed by atoms with van der Waals surface area (Å²) in [6.45, 7) is 5.86. The molecule has 0 radical (unpaired) electrons. The van der Waals surface area contributed by atoms with Crippen molar-refractivity contribution in [2.45, 2.75) is 38.6 Å². The van der Waals surface area contributed by atoms with Crippen molar-refractivity contribution in [3.05, 3.63) is 48.3 Å². The molecule has 116 valence electrons. The molecule has 1 aliphatic heterocycles. The van der Waals surface area contributed by atoms with Crippen molar-refractivity contribution in [3.63, 3.8) is 0 Å². The van der Waals surface area contributed by atoms with E-state index in [9.17, 15) is 4.79 Å². The lowest BCUT2D eigenvalue weighted by atomic mass is 9.96. The molecular weight excluding hydrogens is 276 g/mol. The minimum absolute atomic E-state index is 0.0699. The second kappa shape index (κ2) is 6.30. The molecule has 1 saturated heterocycles. The average Bonchev–Trinajstić information content (AvgIpc) is 3.05. The highest BCUT2D eigenvalue weighted by Gasteiger charge is 2.28. The minimum atomic E-state index is 0.0699. The predicted octanol–water partition coefficient (Wildman–Crippen LogP) is 2.88. The Kier molecular flexibility index (Phi) is 4.22. The molecular formula is C17H22N4O. The quantitative estimate of drug-likeness (QED) is 0.875. The number of carbonyl (C=O) groups excluding carboxylic acids is 1. The van der Waals surface area contributed by atoms with E-state index < -0.39 is 0 Å². The first-order valence-corrected chi connectivity index (χ1v) is 7.89. The molecule has 1 fully saturated rings. The van der Waals surface area contributed by atoms with E-state index in [0.29, 0.717) is 17.5 Å². The van der Waals surface area contributed by atoms with Crippen LogP contribution in [0.1, 0.15) is 54.8 Å². The van der Waals surface area contributed by atoms with Crippen molar-refractivity contribution >= 4 is 5.91 Å². The van der Waals surface area contributed by atoms with E-state index in [1.54, 1.807) is 18.5 Å². The van der Waals surface area contributed by atoms with Gasteiger partial charge in [-0.05, 0) is 38.8 Å². The number of rotatable bonds is 3. The highest BCUT2D eigenvalue weighted by atomic mass is 16.2. The summed E-state index contributed by atoms with van der Waals surface area (Å²) in [6.07, 6.45) is 9.32. The van der Waals surface area contributed by atoms with Gasteiger partial charge in [-0.1, -0.05) is 0 Å². The summed E-state index contributed by atoms with van der Waals surface area (Å²) in [6, 6.07) is 4.02. The number of hydrogen-bond acceptors (Lipinski definition) is 3. The number of aromatic nitrogens is 3. The highest BCUT2D eigenvalue weighted by molar-refractivity contribution is 5.93. The SMILES string of the molecule is CC(C)n1ccnc1[C@@H]1CCCN(C(=O)c2cccnc2)C1. The molecule has 0 spiro atoms. The summed E-state index contributed by atoms with van der Waals surface area (Å²) in [5, 5.41) is 0. The molecule has 0 saturated carbocycles. The molecule has 5 nitrogen and oxygen atoms in total. The first kappa shape index (κ1) is 14.8. The Labute approximate surface area is 131 Å². The maximum Gasteiger partial charge on any atom is 0.255 e. The van der Waals surface area contributed by atoms with Gasteiger partial charge in [0.25, 0.3) is 5.91 Å². The zero-order valence-electron chi connectivity index (χ0n) is 13.1. The average molecular weight is 298 g/mol. The Hall–Kier alpha value is -2.17. The van der Waals surface area contributed by atoms with Gasteiger partial charge < -0.3 is 9.47 Å². The van der Waals surface area contributed by atoms with E-state index in [2.05, 4.69) is 28.4 Å². The number of nitrogens with zero attached hydrogens (tertiary/aromatic N) is 4. The predicted molar refractivity (Wildman–Crippen MR) is 84.7 cm³/mol. The number of hydrogen-bond donors (Lipinski definition) is 0. The van der Waals surface area contributed by atoms with Crippen LogP contribution in [-0.4, -0.2) is 38.4 Å². The van der Waals surface area contributed by atoms with E-state index in [1.807, 2.05) is 23.4 Å². The second-order valence-corrected chi connectivity index (χ2v) is 6.12. The summed E-state index contributed by atoms with van der Waals surface area (Å²) in [5.41, 5.74) is 0.662. The maximum absolute atomic E-state index is 12.6. The summed E-state index contributed by atoms with van der Waals surface area (Å²) in [4.78, 5) is 23.1. The van der Waals surface area contributed by atoms with Gasteiger partial charge in [-0.25, -0.2) is 4.98 Å². The third-order valence-electron chi connectivity index (χ3n) is 4.24. The molecule has 0 aliphatic carbocycles. The van der Waals surface area contributed by atoms with Crippen LogP contribution < -0.4 is 0 Å². The second-order valence-electron chi connectivity index (χ2n) is 6.12. The highest BCUT2D eigenvalue weighted by Crippen LogP contribution is 2.28. The lowest BCUT2D eigenvalue weighted by molar-refractivity contribution is 0.0702. The fraction of sp³-hybridized carbons (Fsp3) is 0.471. The van der Waals surface area contributed by atoms with Gasteiger partial charge in [0.15, 0.2) is 0 Å². The molecule has 5 heteroatoms. The molecule has 0 aromatic carbocycles. The van der Waals surface area contributed by atoms with Crippen LogP contribution in [0.5, 0.6) is 0 Å². The number of likely N-dealkylation sites (tertiary alicyclic amines) is 1. The first-order valence-electron chi connectivity index (χ1n) is 7.89. The number of carbonyl (C=O) groups is 1. The van der Waals surface area contributed by atoms with E-state index >= 15 is 0 Å². The van der Waals surface area contributed by atoms with Gasteiger partial charge >= 0.3 is 0 Å². The molecule has 1 atom stereocenters. The van der Waals surface area contributed by atoms with Gasteiger partial charge in [-0.3, -0.25) is 9.78 Å². The van der Waals surface area contributed by atoms with Gasteiger partial charge in [-0.2, -0.15) is 0 Å². The zero-order valence-corrected chi connectivity index (χ0v) is 13.1. The van der Waals surface area contributed by atoms with Crippen molar-refractivity contribution in [2.75, 3.05) is 13.1 Å². The molecule has 2 aromatic rings. The van der Waals surface area contributed by atoms with Gasteiger partial charge in [-0.15, -0.1) is 0 Å². The summed E-state index contributed by atoms with van der Waals surface area (Å²) in [7, 11) is 0. The fourth-order valence-corrected chi connectivity index (χ4v) is 3.12. The van der Waals surface area contributed by atoms with Crippen LogP contribution in [0.25, 0.3) is 0 Å². The topological polar surface area (TPSA) is 51.0 Å². The third kappa shape index (κ3) is 2.89. The van der Waals surface area contributed by atoms with E-state index in [-0.39, 0.29) is 5.91 Å². The Morgan fingerprint density at radius 2 is 2.23 bits per heavy atom. The monoisotopic (exact) mass is 298 g/mol. The number of amides is 1. The molecule has 0 unspecified atom stereocenters. The molecule has 0 bridgehead atoms. The number of imidazole rings is 1. The van der Waals surface area contributed by atoms with E-state index in [1.165, 1.54) is 0 Å². The first-order chi connectivity index (χ1) is 10.7. The van der Waals surface area contributed by atoms with Crippen LogP contribution in [0.4, 0.5) is 0 Å². The third-order valence-corrected chi connectivity index (χ3v) is 4.24. The van der Waals surface area contributed by atoms with Crippen molar-refractivity contribution in [1.82, 2.24) is 19.4 Å². The summed E-state index contributed by atoms with van der Waals surface area (Å²) >= 11 is 0. The lowest BCUT2D eigenvalue weighted by Gasteiger charge is -2.33. The Morgan fingerprint density at radius 3 is 2.95 bits per heavy atom. The molecule has 0 N–H and O–H groups in total. The van der Waals surface area contributed by atoms with Crippen molar-refractivity contribution < 1.29 is 4.79 Å².